The maximum Gasteiger partial charge on any atom is 0.238 e. The third kappa shape index (κ3) is 4.47. The average Bonchev–Trinajstić information content (AvgIpc) is 2.53. The molecule has 1 amide bonds. The summed E-state index contributed by atoms with van der Waals surface area (Å²) < 4.78 is 0.927. The number of nitrogens with zero attached hydrogens (tertiary/aromatic N) is 1. The molecule has 128 valence electrons. The van der Waals surface area contributed by atoms with Gasteiger partial charge in [-0.1, -0.05) is 31.4 Å². The minimum absolute atomic E-state index is 0. The molecule has 1 aliphatic carbocycles. The highest BCUT2D eigenvalue weighted by Gasteiger charge is 2.40. The van der Waals surface area contributed by atoms with Crippen molar-refractivity contribution in [3.05, 3.63) is 28.7 Å². The molecule has 1 aromatic rings. The molecule has 1 spiro atoms. The van der Waals surface area contributed by atoms with E-state index in [4.69, 9.17) is 0 Å². The standard InChI is InChI=1S/C17H24BrN3O.ClH/c18-14-6-2-3-7-15(14)20-16(22)12-21-11-10-19-13-17(21)8-4-1-5-9-17;/h2-3,6-7,19H,1,4-5,8-13H2,(H,20,22);1H. The van der Waals surface area contributed by atoms with E-state index in [1.807, 2.05) is 24.3 Å². The van der Waals surface area contributed by atoms with Crippen molar-refractivity contribution in [2.24, 2.45) is 0 Å². The summed E-state index contributed by atoms with van der Waals surface area (Å²) in [4.78, 5) is 14.9. The number of amides is 1. The van der Waals surface area contributed by atoms with Gasteiger partial charge in [-0.2, -0.15) is 0 Å². The van der Waals surface area contributed by atoms with Gasteiger partial charge >= 0.3 is 0 Å². The summed E-state index contributed by atoms with van der Waals surface area (Å²) >= 11 is 3.48. The number of rotatable bonds is 3. The number of halogens is 2. The van der Waals surface area contributed by atoms with Crippen molar-refractivity contribution in [2.45, 2.75) is 37.6 Å². The predicted octanol–water partition coefficient (Wildman–Crippen LogP) is 3.42. The lowest BCUT2D eigenvalue weighted by Gasteiger charge is -2.49. The smallest absolute Gasteiger partial charge is 0.238 e. The molecule has 1 saturated carbocycles. The van der Waals surface area contributed by atoms with Gasteiger partial charge in [-0.3, -0.25) is 9.69 Å². The highest BCUT2D eigenvalue weighted by atomic mass is 79.9. The topological polar surface area (TPSA) is 44.4 Å². The molecule has 0 bridgehead atoms. The Bertz CT molecular complexity index is 526. The Morgan fingerprint density at radius 2 is 2.00 bits per heavy atom. The summed E-state index contributed by atoms with van der Waals surface area (Å²) in [6, 6.07) is 7.76. The Morgan fingerprint density at radius 1 is 1.26 bits per heavy atom. The molecule has 2 aliphatic rings. The molecule has 1 heterocycles. The number of para-hydroxylation sites is 1. The van der Waals surface area contributed by atoms with Gasteiger partial charge in [0.25, 0.3) is 0 Å². The lowest BCUT2D eigenvalue weighted by Crippen LogP contribution is -2.63. The van der Waals surface area contributed by atoms with Crippen molar-refractivity contribution >= 4 is 39.9 Å². The van der Waals surface area contributed by atoms with E-state index >= 15 is 0 Å². The number of hydrogen-bond donors (Lipinski definition) is 2. The molecule has 6 heteroatoms. The van der Waals surface area contributed by atoms with E-state index < -0.39 is 0 Å². The summed E-state index contributed by atoms with van der Waals surface area (Å²) in [5.74, 6) is 0.0822. The Morgan fingerprint density at radius 3 is 2.74 bits per heavy atom. The third-order valence-electron chi connectivity index (χ3n) is 4.95. The Labute approximate surface area is 152 Å². The van der Waals surface area contributed by atoms with Crippen LogP contribution in [-0.4, -0.2) is 42.5 Å². The molecule has 1 aliphatic heterocycles. The second-order valence-electron chi connectivity index (χ2n) is 6.41. The molecule has 2 N–H and O–H groups in total. The third-order valence-corrected chi connectivity index (χ3v) is 5.64. The van der Waals surface area contributed by atoms with E-state index in [0.717, 1.165) is 29.8 Å². The van der Waals surface area contributed by atoms with Gasteiger partial charge in [0.2, 0.25) is 5.91 Å². The van der Waals surface area contributed by atoms with E-state index in [2.05, 4.69) is 31.5 Å². The van der Waals surface area contributed by atoms with Crippen molar-refractivity contribution < 1.29 is 4.79 Å². The number of hydrogen-bond acceptors (Lipinski definition) is 3. The quantitative estimate of drug-likeness (QED) is 0.814. The van der Waals surface area contributed by atoms with Crippen molar-refractivity contribution in [3.8, 4) is 0 Å². The normalized spacial score (nSPS) is 20.7. The summed E-state index contributed by atoms with van der Waals surface area (Å²) in [5, 5.41) is 6.56. The lowest BCUT2D eigenvalue weighted by atomic mass is 9.79. The van der Waals surface area contributed by atoms with E-state index in [1.165, 1.54) is 32.1 Å². The second-order valence-corrected chi connectivity index (χ2v) is 7.27. The molecule has 1 aromatic carbocycles. The van der Waals surface area contributed by atoms with Gasteiger partial charge in [0.15, 0.2) is 0 Å². The van der Waals surface area contributed by atoms with Crippen molar-refractivity contribution in [2.75, 3.05) is 31.5 Å². The Hall–Kier alpha value is -0.620. The maximum atomic E-state index is 12.5. The van der Waals surface area contributed by atoms with Crippen LogP contribution in [0.2, 0.25) is 0 Å². The van der Waals surface area contributed by atoms with Gasteiger partial charge in [0.05, 0.1) is 12.2 Å². The van der Waals surface area contributed by atoms with Crippen LogP contribution in [0.15, 0.2) is 28.7 Å². The highest BCUT2D eigenvalue weighted by molar-refractivity contribution is 9.10. The first-order valence-corrected chi connectivity index (χ1v) is 8.99. The second kappa shape index (κ2) is 8.47. The fourth-order valence-corrected chi connectivity index (χ4v) is 4.14. The van der Waals surface area contributed by atoms with Gasteiger partial charge in [0.1, 0.15) is 0 Å². The molecule has 2 fully saturated rings. The first-order chi connectivity index (χ1) is 10.7. The highest BCUT2D eigenvalue weighted by Crippen LogP contribution is 2.34. The van der Waals surface area contributed by atoms with Crippen LogP contribution in [0.4, 0.5) is 5.69 Å². The largest absolute Gasteiger partial charge is 0.324 e. The van der Waals surface area contributed by atoms with Crippen molar-refractivity contribution in [3.63, 3.8) is 0 Å². The van der Waals surface area contributed by atoms with E-state index in [0.29, 0.717) is 6.54 Å². The zero-order valence-corrected chi connectivity index (χ0v) is 15.7. The summed E-state index contributed by atoms with van der Waals surface area (Å²) in [6.45, 7) is 3.45. The van der Waals surface area contributed by atoms with Gasteiger partial charge in [-0.05, 0) is 40.9 Å². The van der Waals surface area contributed by atoms with Crippen LogP contribution in [0.1, 0.15) is 32.1 Å². The Kier molecular flexibility index (Phi) is 6.89. The predicted molar refractivity (Wildman–Crippen MR) is 100 cm³/mol. The van der Waals surface area contributed by atoms with Crippen LogP contribution in [0.25, 0.3) is 0 Å². The molecule has 1 saturated heterocycles. The maximum absolute atomic E-state index is 12.5. The summed E-state index contributed by atoms with van der Waals surface area (Å²) in [5.41, 5.74) is 1.04. The number of nitrogens with one attached hydrogen (secondary N) is 2. The molecule has 4 nitrogen and oxygen atoms in total. The minimum Gasteiger partial charge on any atom is -0.324 e. The first kappa shape index (κ1) is 18.7. The molecular formula is C17H25BrClN3O. The fraction of sp³-hybridized carbons (Fsp3) is 0.588. The van der Waals surface area contributed by atoms with Crippen molar-refractivity contribution in [1.29, 1.82) is 0 Å². The van der Waals surface area contributed by atoms with Crippen LogP contribution >= 0.6 is 28.3 Å². The van der Waals surface area contributed by atoms with Gasteiger partial charge < -0.3 is 10.6 Å². The molecule has 0 radical (unpaired) electrons. The molecule has 0 atom stereocenters. The van der Waals surface area contributed by atoms with E-state index in [9.17, 15) is 4.79 Å². The Balaban J connectivity index is 0.00000192. The van der Waals surface area contributed by atoms with Crippen LogP contribution < -0.4 is 10.6 Å². The zero-order chi connectivity index (χ0) is 15.4. The summed E-state index contributed by atoms with van der Waals surface area (Å²) in [7, 11) is 0. The number of anilines is 1. The number of piperazine rings is 1. The lowest BCUT2D eigenvalue weighted by molar-refractivity contribution is -0.120. The number of carbonyl (C=O) groups excluding carboxylic acids is 1. The van der Waals surface area contributed by atoms with Crippen LogP contribution in [-0.2, 0) is 4.79 Å². The van der Waals surface area contributed by atoms with E-state index in [1.54, 1.807) is 0 Å². The zero-order valence-electron chi connectivity index (χ0n) is 13.3. The number of benzene rings is 1. The molecule has 23 heavy (non-hydrogen) atoms. The molecule has 3 rings (SSSR count). The number of carbonyl (C=O) groups is 1. The van der Waals surface area contributed by atoms with Gasteiger partial charge in [0, 0.05) is 29.6 Å². The van der Waals surface area contributed by atoms with Crippen molar-refractivity contribution in [1.82, 2.24) is 10.2 Å². The molecule has 0 aromatic heterocycles. The molecular weight excluding hydrogens is 378 g/mol. The fourth-order valence-electron chi connectivity index (χ4n) is 3.76. The van der Waals surface area contributed by atoms with Crippen LogP contribution in [0.5, 0.6) is 0 Å². The van der Waals surface area contributed by atoms with E-state index in [-0.39, 0.29) is 23.9 Å². The van der Waals surface area contributed by atoms with Crippen LogP contribution in [0.3, 0.4) is 0 Å². The SMILES string of the molecule is Cl.O=C(CN1CCNCC12CCCCC2)Nc1ccccc1Br. The van der Waals surface area contributed by atoms with Crippen LogP contribution in [0, 0.1) is 0 Å². The van der Waals surface area contributed by atoms with Gasteiger partial charge in [-0.25, -0.2) is 0 Å². The summed E-state index contributed by atoms with van der Waals surface area (Å²) in [6.07, 6.45) is 6.32. The first-order valence-electron chi connectivity index (χ1n) is 8.20. The van der Waals surface area contributed by atoms with Gasteiger partial charge in [-0.15, -0.1) is 12.4 Å². The average molecular weight is 403 g/mol. The molecule has 0 unspecified atom stereocenters. The minimum atomic E-state index is 0. The monoisotopic (exact) mass is 401 g/mol.